The first-order chi connectivity index (χ1) is 62.2. The fraction of sp³-hybridized carbons (Fsp3) is 0.333. The number of nitrogens with one attached hydrogen (secondary N) is 2. The summed E-state index contributed by atoms with van der Waals surface area (Å²) in [5.74, 6) is 3.94. The van der Waals surface area contributed by atoms with Gasteiger partial charge < -0.3 is 48.7 Å². The molecule has 0 fully saturated rings. The molecule has 8 aromatic carbocycles. The van der Waals surface area contributed by atoms with Gasteiger partial charge in [-0.3, -0.25) is 9.48 Å². The van der Waals surface area contributed by atoms with E-state index >= 15 is 0 Å². The van der Waals surface area contributed by atoms with Gasteiger partial charge >= 0.3 is 6.03 Å². The van der Waals surface area contributed by atoms with E-state index in [0.717, 1.165) is 109 Å². The fourth-order valence-corrected chi connectivity index (χ4v) is 18.0. The minimum Gasteiger partial charge on any atom is -0.497 e. The summed E-state index contributed by atoms with van der Waals surface area (Å²) in [4.78, 5) is 23.8. The summed E-state index contributed by atoms with van der Waals surface area (Å²) in [6.45, 7) is 29.8. The number of hydrogen-bond acceptors (Lipinski definition) is 25. The highest BCUT2D eigenvalue weighted by molar-refractivity contribution is 7.90. The molecule has 694 valence electrons. The zero-order valence-corrected chi connectivity index (χ0v) is 83.7. The topological polar surface area (TPSA) is 387 Å². The van der Waals surface area contributed by atoms with E-state index in [2.05, 4.69) is 179 Å². The minimum atomic E-state index is -4.07. The van der Waals surface area contributed by atoms with E-state index in [1.54, 1.807) is 101 Å². The molecule has 33 nitrogen and oxygen atoms in total. The number of methoxy groups -OCH3 is 5. The number of aldehydes is 1. The maximum absolute atomic E-state index is 13.0. The summed E-state index contributed by atoms with van der Waals surface area (Å²) in [5.41, 5.74) is 22.2. The van der Waals surface area contributed by atoms with Crippen LogP contribution in [0.3, 0.4) is 0 Å². The maximum atomic E-state index is 13.0. The molecule has 6 aromatic heterocycles. The van der Waals surface area contributed by atoms with Crippen molar-refractivity contribution in [3.63, 3.8) is 0 Å². The van der Waals surface area contributed by atoms with E-state index in [0.29, 0.717) is 65.7 Å². The van der Waals surface area contributed by atoms with Crippen LogP contribution in [-0.4, -0.2) is 184 Å². The van der Waals surface area contributed by atoms with E-state index in [-0.39, 0.29) is 17.5 Å². The number of sulfonamides is 1. The SMILES string of the molecule is COc1ccc(-c2c(C(Cc3ccccc3)NC(=O)NS(=O)(=O)c3ccccc3C)nnn2C)cc1.COc1ccc(-c2c(C(N)Cc3ccccc3)nnn2C)cc1.COc1ccc(-c2c(C=O)nnn2C)cc1.COc1ccc(-c2c(CO)nnn2C)cc1.COc1ccc(-c2c(CO[Si](C)(C)C)nnn2C[Si](C)(C)C)cc1.C[Si](C)(C)Cn1cc(CO[Si](C)(C)C)nn1. The second kappa shape index (κ2) is 47.1. The van der Waals surface area contributed by atoms with E-state index < -0.39 is 54.9 Å². The fourth-order valence-electron chi connectivity index (χ4n) is 13.4. The third kappa shape index (κ3) is 30.7. The Labute approximate surface area is 771 Å². The Morgan fingerprint density at radius 1 is 0.443 bits per heavy atom. The largest absolute Gasteiger partial charge is 0.497 e. The highest BCUT2D eigenvalue weighted by Crippen LogP contribution is 2.34. The second-order valence-corrected chi connectivity index (χ2v) is 56.6. The summed E-state index contributed by atoms with van der Waals surface area (Å²) >= 11 is 0. The average molecular weight is 1870 g/mol. The number of carbonyl (C=O) groups excluding carboxylic acids is 2. The quantitative estimate of drug-likeness (QED) is 0.0231. The van der Waals surface area contributed by atoms with Crippen LogP contribution in [0.15, 0.2) is 217 Å². The zero-order valence-electron chi connectivity index (χ0n) is 78.9. The van der Waals surface area contributed by atoms with Gasteiger partial charge in [0.25, 0.3) is 10.0 Å². The van der Waals surface area contributed by atoms with Crippen LogP contribution in [0.4, 0.5) is 4.79 Å². The summed E-state index contributed by atoms with van der Waals surface area (Å²) < 4.78 is 76.3. The van der Waals surface area contributed by atoms with Gasteiger partial charge in [-0.05, 0) is 203 Å². The van der Waals surface area contributed by atoms with Crippen molar-refractivity contribution >= 4 is 55.1 Å². The van der Waals surface area contributed by atoms with Crippen LogP contribution in [0.5, 0.6) is 28.7 Å². The first-order valence-corrected chi connectivity index (χ1v) is 58.1. The number of rotatable bonds is 31. The van der Waals surface area contributed by atoms with Gasteiger partial charge in [0.05, 0.1) is 123 Å². The Morgan fingerprint density at radius 2 is 0.832 bits per heavy atom. The van der Waals surface area contributed by atoms with Gasteiger partial charge in [0.1, 0.15) is 57.2 Å². The number of hydrogen-bond donors (Lipinski definition) is 4. The lowest BCUT2D eigenvalue weighted by atomic mass is 9.99. The Balaban J connectivity index is 0.000000182. The zero-order chi connectivity index (χ0) is 95.4. The molecule has 14 aromatic rings. The van der Waals surface area contributed by atoms with Crippen molar-refractivity contribution in [2.45, 2.75) is 147 Å². The summed E-state index contributed by atoms with van der Waals surface area (Å²) in [6.07, 6.45) is 5.77. The average Bonchev–Trinajstić information content (AvgIpc) is 1.61. The molecule has 5 N–H and O–H groups in total. The van der Waals surface area contributed by atoms with Gasteiger partial charge in [-0.25, -0.2) is 41.3 Å². The maximum Gasteiger partial charge on any atom is 0.329 e. The van der Waals surface area contributed by atoms with Crippen molar-refractivity contribution in [1.29, 1.82) is 0 Å². The molecular formula is C93H123N21O12SSi4. The van der Waals surface area contributed by atoms with Crippen LogP contribution in [0.25, 0.3) is 56.3 Å². The van der Waals surface area contributed by atoms with Gasteiger partial charge in [-0.15, -0.1) is 30.6 Å². The van der Waals surface area contributed by atoms with Crippen molar-refractivity contribution in [3.8, 4) is 85.0 Å². The number of aliphatic hydroxyl groups is 1. The third-order valence-corrected chi connectivity index (χ3v) is 25.7. The van der Waals surface area contributed by atoms with E-state index in [1.165, 1.54) is 11.6 Å². The highest BCUT2D eigenvalue weighted by atomic mass is 32.2. The van der Waals surface area contributed by atoms with Crippen molar-refractivity contribution < 1.29 is 55.6 Å². The molecule has 0 saturated heterocycles. The molecule has 2 atom stereocenters. The monoisotopic (exact) mass is 1870 g/mol. The summed E-state index contributed by atoms with van der Waals surface area (Å²) in [5, 5.41) is 61.4. The molecule has 0 aliphatic rings. The van der Waals surface area contributed by atoms with Crippen molar-refractivity contribution in [1.82, 2.24) is 100 Å². The predicted molar refractivity (Wildman–Crippen MR) is 518 cm³/mol. The smallest absolute Gasteiger partial charge is 0.329 e. The first kappa shape index (κ1) is 102. The summed E-state index contributed by atoms with van der Waals surface area (Å²) in [6, 6.07) is 62.8. The van der Waals surface area contributed by atoms with Gasteiger partial charge in [-0.2, -0.15) is 0 Å². The van der Waals surface area contributed by atoms with Crippen LogP contribution < -0.4 is 39.5 Å². The Hall–Kier alpha value is -12.8. The van der Waals surface area contributed by atoms with E-state index in [9.17, 15) is 18.0 Å². The number of aromatic nitrogens is 18. The van der Waals surface area contributed by atoms with Crippen LogP contribution in [0.2, 0.25) is 78.6 Å². The molecule has 2 unspecified atom stereocenters. The normalized spacial score (nSPS) is 11.8. The molecule has 0 aliphatic carbocycles. The van der Waals surface area contributed by atoms with Crippen LogP contribution in [-0.2, 0) is 92.1 Å². The van der Waals surface area contributed by atoms with Crippen molar-refractivity contribution in [2.75, 3.05) is 35.5 Å². The standard InChI is InChI=1S/C26H27N5O4S.C18H20N4O.C17H29N3O2Si2.C11H13N3O2.C11H11N3O2.C10H23N3OSi2/c1-18-9-7-8-12-23(18)36(33,34)29-26(32)27-22(17-19-10-5-4-6-11-19)24-25(31(2)30-28-24)20-13-15-21(35-3)16-14-20;1-22-18(14-8-10-15(23-2)11-9-14)17(20-21-22)16(19)12-13-6-4-3-5-7-13;1-21-15-10-8-14(9-11-15)17-16(12-22-24(5,6)7)18-19-20(17)13-23(2,3)4;2*1-14-11(10(7-15)12-13-14)8-3-5-9(16-2)6-4-8;1-15(2,3)9-13-7-10(11-12-13)8-14-16(4,5)6/h4-16,22H,17H2,1-3H3,(H2,27,29,32);3-11,16H,12,19H2,1-2H3;8-11H,12-13H2,1-7H3;3-6,15H,7H2,1-2H3;3-7H,1-2H3;7H,8-9H2,1-6H3. The molecule has 131 heavy (non-hydrogen) atoms. The van der Waals surface area contributed by atoms with Crippen molar-refractivity contribution in [3.05, 3.63) is 263 Å². The number of aryl methyl sites for hydroxylation is 5. The van der Waals surface area contributed by atoms with E-state index in [1.807, 2.05) is 176 Å². The van der Waals surface area contributed by atoms with Crippen LogP contribution in [0.1, 0.15) is 67.7 Å². The number of ether oxygens (including phenoxy) is 5. The number of carbonyl (C=O) groups is 2. The molecule has 0 aliphatic heterocycles. The molecule has 14 rings (SSSR count). The van der Waals surface area contributed by atoms with Gasteiger partial charge in [-0.1, -0.05) is 149 Å². The second-order valence-electron chi connectivity index (χ2n) is 35.0. The molecule has 38 heteroatoms. The minimum absolute atomic E-state index is 0.0400. The number of amides is 2. The first-order valence-electron chi connectivity index (χ1n) is 42.4. The van der Waals surface area contributed by atoms with Gasteiger partial charge in [0.2, 0.25) is 0 Å². The Bertz CT molecular complexity index is 6040. The highest BCUT2D eigenvalue weighted by Gasteiger charge is 2.30. The van der Waals surface area contributed by atoms with Crippen LogP contribution in [0, 0.1) is 6.92 Å². The lowest BCUT2D eigenvalue weighted by Gasteiger charge is -2.19. The molecule has 0 bridgehead atoms. The van der Waals surface area contributed by atoms with Crippen LogP contribution >= 0.6 is 0 Å². The number of nitrogens with zero attached hydrogens (tertiary/aromatic N) is 18. The number of benzene rings is 8. The molecule has 0 spiro atoms. The molecule has 0 radical (unpaired) electrons. The number of nitrogens with two attached hydrogens (primary N) is 1. The molecular weight excluding hydrogens is 1750 g/mol. The van der Waals surface area contributed by atoms with E-state index in [4.69, 9.17) is 43.4 Å². The molecule has 6 heterocycles. The Kier molecular flexibility index (Phi) is 36.7. The number of aliphatic hydroxyl groups excluding tert-OH is 1. The Morgan fingerprint density at radius 3 is 1.28 bits per heavy atom. The van der Waals surface area contributed by atoms with Crippen molar-refractivity contribution in [2.24, 2.45) is 33.9 Å². The third-order valence-electron chi connectivity index (χ3n) is 19.7. The summed E-state index contributed by atoms with van der Waals surface area (Å²) in [7, 11) is 5.79. The lowest BCUT2D eigenvalue weighted by Crippen LogP contribution is -2.42. The molecule has 0 saturated carbocycles. The predicted octanol–water partition coefficient (Wildman–Crippen LogP) is 15.5. The van der Waals surface area contributed by atoms with Gasteiger partial charge in [0, 0.05) is 68.3 Å². The molecule has 2 amide bonds. The van der Waals surface area contributed by atoms with Gasteiger partial charge in [0.15, 0.2) is 28.6 Å². The lowest BCUT2D eigenvalue weighted by molar-refractivity contribution is 0.111. The number of urea groups is 1.